The molecule has 0 unspecified atom stereocenters. The fourth-order valence-electron chi connectivity index (χ4n) is 4.65. The lowest BCUT2D eigenvalue weighted by Gasteiger charge is -2.28. The minimum absolute atomic E-state index is 0.0998. The maximum Gasteiger partial charge on any atom is 0.282 e. The third kappa shape index (κ3) is 5.66. The Hall–Kier alpha value is -2.13. The third-order valence-corrected chi connectivity index (χ3v) is 8.92. The summed E-state index contributed by atoms with van der Waals surface area (Å²) in [5, 5.41) is 9.32. The summed E-state index contributed by atoms with van der Waals surface area (Å²) in [5.41, 5.74) is 4.86. The molecule has 7 nitrogen and oxygen atoms in total. The largest absolute Gasteiger partial charge is 0.284 e. The second-order valence-corrected chi connectivity index (χ2v) is 12.0. The summed E-state index contributed by atoms with van der Waals surface area (Å²) in [6.45, 7) is 5.42. The van der Waals surface area contributed by atoms with Crippen LogP contribution >= 0.6 is 23.2 Å². The Balaban J connectivity index is 1.68. The molecule has 0 bridgehead atoms. The average molecular weight is 538 g/mol. The number of sulfone groups is 1. The van der Waals surface area contributed by atoms with Crippen molar-refractivity contribution in [2.24, 2.45) is 11.0 Å². The first-order chi connectivity index (χ1) is 16.7. The number of anilines is 1. The molecule has 1 saturated heterocycles. The molecule has 0 aliphatic carbocycles. The SMILES string of the molecule is CCCS(=O)(=O)c1ccc([C@@H]2[C@H](C)C(C(=O)NN3CCCCC3)=NN2c2ccc(Cl)cc2Cl)cc1. The van der Waals surface area contributed by atoms with E-state index in [0.717, 1.165) is 31.5 Å². The molecule has 0 spiro atoms. The molecule has 2 aromatic rings. The van der Waals surface area contributed by atoms with Crippen LogP contribution in [-0.4, -0.2) is 43.9 Å². The lowest BCUT2D eigenvalue weighted by Crippen LogP contribution is -2.48. The number of hydrogen-bond acceptors (Lipinski definition) is 6. The number of piperidine rings is 1. The highest BCUT2D eigenvalue weighted by Gasteiger charge is 2.40. The van der Waals surface area contributed by atoms with Gasteiger partial charge in [0.15, 0.2) is 9.84 Å². The lowest BCUT2D eigenvalue weighted by molar-refractivity contribution is -0.120. The Morgan fingerprint density at radius 2 is 1.77 bits per heavy atom. The molecule has 2 atom stereocenters. The number of hydrogen-bond donors (Lipinski definition) is 1. The first-order valence-electron chi connectivity index (χ1n) is 11.9. The highest BCUT2D eigenvalue weighted by atomic mass is 35.5. The van der Waals surface area contributed by atoms with E-state index in [1.807, 2.05) is 18.9 Å². The number of nitrogens with one attached hydrogen (secondary N) is 1. The van der Waals surface area contributed by atoms with Crippen LogP contribution in [-0.2, 0) is 14.6 Å². The molecule has 0 saturated carbocycles. The second-order valence-electron chi connectivity index (χ2n) is 9.04. The Labute approximate surface area is 217 Å². The number of carbonyl (C=O) groups excluding carboxylic acids is 1. The Morgan fingerprint density at radius 3 is 2.40 bits per heavy atom. The van der Waals surface area contributed by atoms with Crippen LogP contribution < -0.4 is 10.4 Å². The van der Waals surface area contributed by atoms with Crippen LogP contribution in [0.5, 0.6) is 0 Å². The Morgan fingerprint density at radius 1 is 1.09 bits per heavy atom. The zero-order chi connectivity index (χ0) is 25.2. The lowest BCUT2D eigenvalue weighted by atomic mass is 9.91. The number of amides is 1. The van der Waals surface area contributed by atoms with Gasteiger partial charge in [-0.1, -0.05) is 55.6 Å². The monoisotopic (exact) mass is 536 g/mol. The maximum atomic E-state index is 13.2. The summed E-state index contributed by atoms with van der Waals surface area (Å²) in [6, 6.07) is 11.6. The van der Waals surface area contributed by atoms with E-state index in [2.05, 4.69) is 5.43 Å². The van der Waals surface area contributed by atoms with Gasteiger partial charge in [0.1, 0.15) is 5.71 Å². The van der Waals surface area contributed by atoms with Gasteiger partial charge in [-0.05, 0) is 55.2 Å². The highest BCUT2D eigenvalue weighted by molar-refractivity contribution is 7.91. The number of carbonyl (C=O) groups is 1. The van der Waals surface area contributed by atoms with E-state index in [1.54, 1.807) is 47.5 Å². The predicted octanol–water partition coefficient (Wildman–Crippen LogP) is 5.25. The smallest absolute Gasteiger partial charge is 0.282 e. The third-order valence-electron chi connectivity index (χ3n) is 6.44. The Kier molecular flexibility index (Phi) is 8.06. The first kappa shape index (κ1) is 25.9. The predicted molar refractivity (Wildman–Crippen MR) is 141 cm³/mol. The topological polar surface area (TPSA) is 82.1 Å². The number of hydrazone groups is 1. The van der Waals surface area contributed by atoms with Gasteiger partial charge in [-0.25, -0.2) is 13.4 Å². The van der Waals surface area contributed by atoms with E-state index in [4.69, 9.17) is 28.3 Å². The number of halogens is 2. The van der Waals surface area contributed by atoms with E-state index in [9.17, 15) is 13.2 Å². The van der Waals surface area contributed by atoms with Gasteiger partial charge in [0, 0.05) is 24.0 Å². The molecule has 4 rings (SSSR count). The van der Waals surface area contributed by atoms with Gasteiger partial charge in [-0.15, -0.1) is 0 Å². The van der Waals surface area contributed by atoms with Crippen molar-refractivity contribution in [3.63, 3.8) is 0 Å². The molecule has 0 radical (unpaired) electrons. The summed E-state index contributed by atoms with van der Waals surface area (Å²) in [4.78, 5) is 13.5. The van der Waals surface area contributed by atoms with E-state index in [0.29, 0.717) is 27.9 Å². The zero-order valence-electron chi connectivity index (χ0n) is 19.9. The molecular formula is C25H30Cl2N4O3S. The molecule has 2 aliphatic heterocycles. The van der Waals surface area contributed by atoms with Crippen molar-refractivity contribution >= 4 is 50.3 Å². The van der Waals surface area contributed by atoms with Gasteiger partial charge in [-0.2, -0.15) is 5.10 Å². The quantitative estimate of drug-likeness (QED) is 0.522. The van der Waals surface area contributed by atoms with Gasteiger partial charge in [-0.3, -0.25) is 15.2 Å². The molecular weight excluding hydrogens is 507 g/mol. The number of nitrogens with zero attached hydrogens (tertiary/aromatic N) is 3. The average Bonchev–Trinajstić information content (AvgIpc) is 3.16. The molecule has 1 amide bonds. The van der Waals surface area contributed by atoms with Gasteiger partial charge in [0.05, 0.1) is 27.4 Å². The number of benzene rings is 2. The van der Waals surface area contributed by atoms with Crippen molar-refractivity contribution in [1.29, 1.82) is 0 Å². The van der Waals surface area contributed by atoms with Crippen molar-refractivity contribution in [3.8, 4) is 0 Å². The minimum atomic E-state index is -3.33. The standard InChI is InChI=1S/C25H30Cl2N4O3S/c1-3-15-35(33,34)20-10-7-18(8-11-20)24-17(2)23(25(32)29-30-13-5-4-6-14-30)28-31(24)22-12-9-19(26)16-21(22)27/h7-12,16-17,24H,3-6,13-15H2,1-2H3,(H,29,32)/t17-,24+/m1/s1. The summed E-state index contributed by atoms with van der Waals surface area (Å²) in [7, 11) is -3.33. The van der Waals surface area contributed by atoms with Gasteiger partial charge in [0.2, 0.25) is 0 Å². The molecule has 188 valence electrons. The van der Waals surface area contributed by atoms with Gasteiger partial charge < -0.3 is 0 Å². The summed E-state index contributed by atoms with van der Waals surface area (Å²) in [6.07, 6.45) is 3.81. The molecule has 0 aromatic heterocycles. The molecule has 2 aromatic carbocycles. The van der Waals surface area contributed by atoms with Crippen LogP contribution in [0.2, 0.25) is 10.0 Å². The number of hydrazine groups is 1. The van der Waals surface area contributed by atoms with Crippen LogP contribution in [0.4, 0.5) is 5.69 Å². The molecule has 2 heterocycles. The normalized spacial score (nSPS) is 21.1. The van der Waals surface area contributed by atoms with E-state index < -0.39 is 9.84 Å². The Bertz CT molecular complexity index is 1210. The van der Waals surface area contributed by atoms with Gasteiger partial charge >= 0.3 is 0 Å². The minimum Gasteiger partial charge on any atom is -0.284 e. The van der Waals surface area contributed by atoms with Crippen molar-refractivity contribution in [2.75, 3.05) is 23.9 Å². The number of rotatable bonds is 7. The second kappa shape index (κ2) is 10.9. The van der Waals surface area contributed by atoms with Gasteiger partial charge in [0.25, 0.3) is 5.91 Å². The van der Waals surface area contributed by atoms with Crippen LogP contribution in [0.1, 0.15) is 51.1 Å². The fraction of sp³-hybridized carbons (Fsp3) is 0.440. The molecule has 1 N–H and O–H groups in total. The summed E-state index contributed by atoms with van der Waals surface area (Å²) < 4.78 is 25.0. The molecule has 35 heavy (non-hydrogen) atoms. The fourth-order valence-corrected chi connectivity index (χ4v) is 6.47. The van der Waals surface area contributed by atoms with Crippen molar-refractivity contribution in [2.45, 2.75) is 50.5 Å². The molecule has 10 heteroatoms. The maximum absolute atomic E-state index is 13.2. The van der Waals surface area contributed by atoms with Crippen molar-refractivity contribution in [3.05, 3.63) is 58.1 Å². The van der Waals surface area contributed by atoms with E-state index >= 15 is 0 Å². The molecule has 1 fully saturated rings. The van der Waals surface area contributed by atoms with E-state index in [1.165, 1.54) is 6.42 Å². The van der Waals surface area contributed by atoms with Crippen LogP contribution in [0.25, 0.3) is 0 Å². The molecule has 2 aliphatic rings. The highest BCUT2D eigenvalue weighted by Crippen LogP contribution is 2.42. The van der Waals surface area contributed by atoms with Crippen LogP contribution in [0.3, 0.4) is 0 Å². The summed E-state index contributed by atoms with van der Waals surface area (Å²) >= 11 is 12.6. The summed E-state index contributed by atoms with van der Waals surface area (Å²) in [5.74, 6) is -0.411. The van der Waals surface area contributed by atoms with Crippen molar-refractivity contribution < 1.29 is 13.2 Å². The van der Waals surface area contributed by atoms with Crippen LogP contribution in [0.15, 0.2) is 52.5 Å². The van der Waals surface area contributed by atoms with Crippen LogP contribution in [0, 0.1) is 5.92 Å². The van der Waals surface area contributed by atoms with Crippen molar-refractivity contribution in [1.82, 2.24) is 10.4 Å². The zero-order valence-corrected chi connectivity index (χ0v) is 22.2. The van der Waals surface area contributed by atoms with E-state index in [-0.39, 0.29) is 28.5 Å². The first-order valence-corrected chi connectivity index (χ1v) is 14.3.